The van der Waals surface area contributed by atoms with E-state index in [0.717, 1.165) is 35.8 Å². The second-order valence-corrected chi connectivity index (χ2v) is 8.89. The van der Waals surface area contributed by atoms with Crippen molar-refractivity contribution in [1.82, 2.24) is 5.32 Å². The number of nitrogens with one attached hydrogen (secondary N) is 2. The van der Waals surface area contributed by atoms with Crippen molar-refractivity contribution in [3.8, 4) is 11.5 Å². The van der Waals surface area contributed by atoms with Gasteiger partial charge in [0.25, 0.3) is 11.7 Å². The molecule has 1 aliphatic heterocycles. The normalized spacial score (nSPS) is 16.2. The number of amides is 2. The molecule has 30 heavy (non-hydrogen) atoms. The number of hydrogen-bond acceptors (Lipinski definition) is 5. The number of benzene rings is 2. The van der Waals surface area contributed by atoms with Crippen molar-refractivity contribution in [2.24, 2.45) is 0 Å². The number of carbonyl (C=O) groups excluding carboxylic acids is 2. The predicted octanol–water partition coefficient (Wildman–Crippen LogP) is 4.96. The van der Waals surface area contributed by atoms with E-state index in [4.69, 9.17) is 21.1 Å². The van der Waals surface area contributed by atoms with E-state index in [9.17, 15) is 9.59 Å². The van der Waals surface area contributed by atoms with Gasteiger partial charge in [0.15, 0.2) is 11.5 Å². The van der Waals surface area contributed by atoms with E-state index in [0.29, 0.717) is 27.1 Å². The smallest absolute Gasteiger partial charge is 0.263 e. The number of rotatable bonds is 4. The van der Waals surface area contributed by atoms with Gasteiger partial charge in [0, 0.05) is 34.7 Å². The van der Waals surface area contributed by atoms with Gasteiger partial charge in [0.2, 0.25) is 5.91 Å². The number of halogens is 1. The number of carbonyl (C=O) groups is 2. The van der Waals surface area contributed by atoms with Crippen LogP contribution in [0.2, 0.25) is 5.02 Å². The van der Waals surface area contributed by atoms with Crippen molar-refractivity contribution in [3.63, 3.8) is 0 Å². The third-order valence-electron chi connectivity index (χ3n) is 5.34. The molecule has 154 valence electrons. The lowest BCUT2D eigenvalue weighted by molar-refractivity contribution is -0.115. The molecule has 2 heterocycles. The SMILES string of the molecule is O=C(CNC(=O)c1sc2ccccc2c1Cl)Nc1ccc2c(c1)OC1(CCCC1)O2. The van der Waals surface area contributed by atoms with E-state index in [1.54, 1.807) is 18.2 Å². The first-order valence-corrected chi connectivity index (χ1v) is 11.0. The standard InChI is InChI=1S/C22H19ClN2O4S/c23-19-14-5-1-2-6-17(14)30-20(19)21(27)24-12-18(26)25-13-7-8-15-16(11-13)29-22(28-15)9-3-4-10-22/h1-2,5-8,11H,3-4,9-10,12H2,(H,24,27)(H,25,26). The van der Waals surface area contributed by atoms with E-state index in [1.165, 1.54) is 11.3 Å². The fourth-order valence-electron chi connectivity index (χ4n) is 3.90. The quantitative estimate of drug-likeness (QED) is 0.598. The predicted molar refractivity (Wildman–Crippen MR) is 117 cm³/mol. The number of thiophene rings is 1. The molecule has 0 saturated heterocycles. The number of ether oxygens (including phenoxy) is 2. The molecule has 0 bridgehead atoms. The minimum Gasteiger partial charge on any atom is -0.448 e. The van der Waals surface area contributed by atoms with Gasteiger partial charge < -0.3 is 20.1 Å². The molecule has 2 amide bonds. The second-order valence-electron chi connectivity index (χ2n) is 7.46. The summed E-state index contributed by atoms with van der Waals surface area (Å²) >= 11 is 7.63. The first-order chi connectivity index (χ1) is 14.5. The third kappa shape index (κ3) is 3.48. The van der Waals surface area contributed by atoms with Crippen LogP contribution in [0.25, 0.3) is 10.1 Å². The van der Waals surface area contributed by atoms with Crippen molar-refractivity contribution in [2.75, 3.05) is 11.9 Å². The Hall–Kier alpha value is -2.77. The summed E-state index contributed by atoms with van der Waals surface area (Å²) in [4.78, 5) is 25.2. The van der Waals surface area contributed by atoms with E-state index in [-0.39, 0.29) is 18.4 Å². The Morgan fingerprint density at radius 1 is 1.07 bits per heavy atom. The molecule has 8 heteroatoms. The highest BCUT2D eigenvalue weighted by molar-refractivity contribution is 7.21. The number of anilines is 1. The zero-order chi connectivity index (χ0) is 20.7. The lowest BCUT2D eigenvalue weighted by Crippen LogP contribution is -2.34. The van der Waals surface area contributed by atoms with Gasteiger partial charge in [-0.2, -0.15) is 0 Å². The average molecular weight is 443 g/mol. The third-order valence-corrected chi connectivity index (χ3v) is 7.01. The van der Waals surface area contributed by atoms with Crippen molar-refractivity contribution < 1.29 is 19.1 Å². The maximum Gasteiger partial charge on any atom is 0.263 e. The number of fused-ring (bicyclic) bond motifs is 2. The van der Waals surface area contributed by atoms with E-state index >= 15 is 0 Å². The van der Waals surface area contributed by atoms with Gasteiger partial charge in [-0.3, -0.25) is 9.59 Å². The molecule has 6 nitrogen and oxygen atoms in total. The van der Waals surface area contributed by atoms with Crippen LogP contribution in [0, 0.1) is 0 Å². The Kier molecular flexibility index (Phi) is 4.79. The van der Waals surface area contributed by atoms with E-state index in [2.05, 4.69) is 10.6 Å². The van der Waals surface area contributed by atoms with Gasteiger partial charge in [-0.15, -0.1) is 11.3 Å². The topological polar surface area (TPSA) is 76.7 Å². The molecular weight excluding hydrogens is 424 g/mol. The summed E-state index contributed by atoms with van der Waals surface area (Å²) < 4.78 is 12.9. The first kappa shape index (κ1) is 19.2. The summed E-state index contributed by atoms with van der Waals surface area (Å²) in [5.41, 5.74) is 0.589. The largest absolute Gasteiger partial charge is 0.448 e. The minimum atomic E-state index is -0.539. The molecule has 0 radical (unpaired) electrons. The molecule has 3 aromatic rings. The highest BCUT2D eigenvalue weighted by atomic mass is 35.5. The van der Waals surface area contributed by atoms with E-state index in [1.807, 2.05) is 24.3 Å². The van der Waals surface area contributed by atoms with Crippen LogP contribution in [0.15, 0.2) is 42.5 Å². The average Bonchev–Trinajstić information content (AvgIpc) is 3.44. The van der Waals surface area contributed by atoms with Crippen LogP contribution in [-0.2, 0) is 4.79 Å². The van der Waals surface area contributed by atoms with Crippen molar-refractivity contribution >= 4 is 50.5 Å². The van der Waals surface area contributed by atoms with Gasteiger partial charge in [-0.25, -0.2) is 0 Å². The lowest BCUT2D eigenvalue weighted by atomic mass is 10.2. The van der Waals surface area contributed by atoms with Crippen LogP contribution in [0.3, 0.4) is 0 Å². The second kappa shape index (κ2) is 7.49. The zero-order valence-electron chi connectivity index (χ0n) is 16.0. The summed E-state index contributed by atoms with van der Waals surface area (Å²) in [6, 6.07) is 12.9. The summed E-state index contributed by atoms with van der Waals surface area (Å²) in [7, 11) is 0. The zero-order valence-corrected chi connectivity index (χ0v) is 17.6. The van der Waals surface area contributed by atoms with Crippen LogP contribution < -0.4 is 20.1 Å². The molecule has 5 rings (SSSR count). The Bertz CT molecular complexity index is 1150. The monoisotopic (exact) mass is 442 g/mol. The van der Waals surface area contributed by atoms with Gasteiger partial charge in [-0.1, -0.05) is 29.8 Å². The fourth-order valence-corrected chi connectivity index (χ4v) is 5.33. The van der Waals surface area contributed by atoms with Gasteiger partial charge in [0.1, 0.15) is 4.88 Å². The van der Waals surface area contributed by atoms with E-state index < -0.39 is 5.79 Å². The highest BCUT2D eigenvalue weighted by Gasteiger charge is 2.44. The summed E-state index contributed by atoms with van der Waals surface area (Å²) in [6.07, 6.45) is 3.91. The summed E-state index contributed by atoms with van der Waals surface area (Å²) in [5.74, 6) is 0.0845. The molecule has 1 fully saturated rings. The molecular formula is C22H19ClN2O4S. The Labute approximate surface area is 182 Å². The first-order valence-electron chi connectivity index (χ1n) is 9.80. The Morgan fingerprint density at radius 2 is 1.83 bits per heavy atom. The summed E-state index contributed by atoms with van der Waals surface area (Å²) in [5, 5.41) is 6.65. The van der Waals surface area contributed by atoms with Gasteiger partial charge in [0.05, 0.1) is 11.6 Å². The molecule has 0 unspecified atom stereocenters. The molecule has 2 aromatic carbocycles. The van der Waals surface area contributed by atoms with Crippen molar-refractivity contribution in [1.29, 1.82) is 0 Å². The van der Waals surface area contributed by atoms with Crippen molar-refractivity contribution in [3.05, 3.63) is 52.4 Å². The summed E-state index contributed by atoms with van der Waals surface area (Å²) in [6.45, 7) is -0.165. The molecule has 1 saturated carbocycles. The lowest BCUT2D eigenvalue weighted by Gasteiger charge is -2.21. The highest BCUT2D eigenvalue weighted by Crippen LogP contribution is 2.47. The van der Waals surface area contributed by atoms with Crippen LogP contribution in [0.4, 0.5) is 5.69 Å². The van der Waals surface area contributed by atoms with Crippen LogP contribution in [0.5, 0.6) is 11.5 Å². The van der Waals surface area contributed by atoms with Gasteiger partial charge in [-0.05, 0) is 31.0 Å². The van der Waals surface area contributed by atoms with Crippen LogP contribution >= 0.6 is 22.9 Å². The molecule has 0 atom stereocenters. The maximum absolute atomic E-state index is 12.5. The molecule has 1 aliphatic carbocycles. The van der Waals surface area contributed by atoms with Gasteiger partial charge >= 0.3 is 0 Å². The molecule has 2 N–H and O–H groups in total. The van der Waals surface area contributed by atoms with Crippen LogP contribution in [0.1, 0.15) is 35.4 Å². The Morgan fingerprint density at radius 3 is 2.63 bits per heavy atom. The maximum atomic E-state index is 12.5. The fraction of sp³-hybridized carbons (Fsp3) is 0.273. The Balaban J connectivity index is 1.21. The minimum absolute atomic E-state index is 0.165. The molecule has 1 aromatic heterocycles. The van der Waals surface area contributed by atoms with Crippen molar-refractivity contribution in [2.45, 2.75) is 31.5 Å². The molecule has 1 spiro atoms. The van der Waals surface area contributed by atoms with Crippen LogP contribution in [-0.4, -0.2) is 24.1 Å². The molecule has 2 aliphatic rings. The number of hydrogen-bond donors (Lipinski definition) is 2.